The molecule has 0 unspecified atom stereocenters. The summed E-state index contributed by atoms with van der Waals surface area (Å²) in [6.45, 7) is 6.31. The van der Waals surface area contributed by atoms with Crippen molar-refractivity contribution in [2.24, 2.45) is 0 Å². The largest absolute Gasteiger partial charge is 0.308 e. The van der Waals surface area contributed by atoms with Gasteiger partial charge in [0.1, 0.15) is 0 Å². The summed E-state index contributed by atoms with van der Waals surface area (Å²) >= 11 is 5.82. The van der Waals surface area contributed by atoms with Gasteiger partial charge >= 0.3 is 0 Å². The molecule has 0 heterocycles. The van der Waals surface area contributed by atoms with Crippen molar-refractivity contribution in [3.05, 3.63) is 29.3 Å². The molecule has 0 bridgehead atoms. The summed E-state index contributed by atoms with van der Waals surface area (Å²) in [5.41, 5.74) is -0.0357. The van der Waals surface area contributed by atoms with Crippen molar-refractivity contribution in [2.45, 2.75) is 69.0 Å². The van der Waals surface area contributed by atoms with Crippen molar-refractivity contribution in [1.82, 2.24) is 10.0 Å². The van der Waals surface area contributed by atoms with Crippen LogP contribution in [0.25, 0.3) is 0 Å². The molecule has 2 atom stereocenters. The molecular formula is C16H25ClN2O2S. The molecule has 2 rings (SSSR count). The maximum atomic E-state index is 12.5. The third-order valence-electron chi connectivity index (χ3n) is 3.81. The molecule has 0 aliphatic heterocycles. The second kappa shape index (κ2) is 6.87. The monoisotopic (exact) mass is 344 g/mol. The van der Waals surface area contributed by atoms with Crippen LogP contribution in [0.15, 0.2) is 29.2 Å². The molecule has 22 heavy (non-hydrogen) atoms. The van der Waals surface area contributed by atoms with Crippen LogP contribution in [0.2, 0.25) is 5.02 Å². The Morgan fingerprint density at radius 3 is 2.14 bits per heavy atom. The second-order valence-corrected chi connectivity index (χ2v) is 9.12. The lowest BCUT2D eigenvalue weighted by Gasteiger charge is -2.37. The first kappa shape index (κ1) is 17.7. The number of sulfonamides is 1. The lowest BCUT2D eigenvalue weighted by atomic mass is 9.89. The van der Waals surface area contributed by atoms with Crippen molar-refractivity contribution < 1.29 is 8.42 Å². The highest BCUT2D eigenvalue weighted by Crippen LogP contribution is 2.23. The molecule has 6 heteroatoms. The van der Waals surface area contributed by atoms with Crippen LogP contribution < -0.4 is 10.0 Å². The van der Waals surface area contributed by atoms with Gasteiger partial charge < -0.3 is 5.32 Å². The van der Waals surface area contributed by atoms with Gasteiger partial charge in [-0.15, -0.1) is 0 Å². The van der Waals surface area contributed by atoms with Gasteiger partial charge in [0.15, 0.2) is 0 Å². The van der Waals surface area contributed by atoms with Gasteiger partial charge in [-0.2, -0.15) is 0 Å². The number of hydrogen-bond donors (Lipinski definition) is 2. The third kappa shape index (κ3) is 4.95. The summed E-state index contributed by atoms with van der Waals surface area (Å²) in [5, 5.41) is 4.07. The van der Waals surface area contributed by atoms with Gasteiger partial charge in [0, 0.05) is 22.6 Å². The van der Waals surface area contributed by atoms with Crippen LogP contribution in [0.4, 0.5) is 0 Å². The van der Waals surface area contributed by atoms with Gasteiger partial charge in [0.2, 0.25) is 10.0 Å². The van der Waals surface area contributed by atoms with E-state index in [1.807, 2.05) is 0 Å². The van der Waals surface area contributed by atoms with Crippen molar-refractivity contribution >= 4 is 21.6 Å². The van der Waals surface area contributed by atoms with Gasteiger partial charge in [0.25, 0.3) is 0 Å². The van der Waals surface area contributed by atoms with E-state index >= 15 is 0 Å². The van der Waals surface area contributed by atoms with Gasteiger partial charge in [-0.3, -0.25) is 0 Å². The summed E-state index contributed by atoms with van der Waals surface area (Å²) in [6.07, 6.45) is 4.04. The molecule has 124 valence electrons. The number of benzene rings is 1. The first-order valence-corrected chi connectivity index (χ1v) is 9.59. The molecule has 1 aromatic rings. The third-order valence-corrected chi connectivity index (χ3v) is 5.57. The fourth-order valence-electron chi connectivity index (χ4n) is 2.88. The quantitative estimate of drug-likeness (QED) is 0.880. The van der Waals surface area contributed by atoms with Crippen LogP contribution in [0.5, 0.6) is 0 Å². The highest BCUT2D eigenvalue weighted by molar-refractivity contribution is 7.89. The van der Waals surface area contributed by atoms with Crippen LogP contribution >= 0.6 is 11.6 Å². The molecule has 1 aliphatic carbocycles. The van der Waals surface area contributed by atoms with E-state index in [1.165, 1.54) is 0 Å². The highest BCUT2D eigenvalue weighted by Gasteiger charge is 2.31. The molecule has 0 aromatic heterocycles. The molecule has 1 saturated carbocycles. The van der Waals surface area contributed by atoms with Gasteiger partial charge in [-0.1, -0.05) is 24.4 Å². The maximum absolute atomic E-state index is 12.5. The molecule has 1 aliphatic rings. The Morgan fingerprint density at radius 2 is 1.59 bits per heavy atom. The lowest BCUT2D eigenvalue weighted by Crippen LogP contribution is -2.56. The topological polar surface area (TPSA) is 58.2 Å². The van der Waals surface area contributed by atoms with E-state index in [4.69, 9.17) is 11.6 Å². The first-order chi connectivity index (χ1) is 10.2. The number of halogens is 1. The summed E-state index contributed by atoms with van der Waals surface area (Å²) in [7, 11) is -3.51. The zero-order valence-corrected chi connectivity index (χ0v) is 15.0. The Bertz CT molecular complexity index is 594. The minimum atomic E-state index is -3.51. The minimum absolute atomic E-state index is 0.0357. The molecule has 1 fully saturated rings. The Balaban J connectivity index is 2.13. The Kier molecular flexibility index (Phi) is 5.54. The summed E-state index contributed by atoms with van der Waals surface area (Å²) < 4.78 is 28.0. The first-order valence-electron chi connectivity index (χ1n) is 7.73. The maximum Gasteiger partial charge on any atom is 0.240 e. The van der Waals surface area contributed by atoms with Crippen LogP contribution in [-0.2, 0) is 10.0 Å². The van der Waals surface area contributed by atoms with E-state index < -0.39 is 10.0 Å². The predicted molar refractivity (Wildman–Crippen MR) is 90.7 cm³/mol. The molecular weight excluding hydrogens is 320 g/mol. The Hall–Kier alpha value is -0.620. The van der Waals surface area contributed by atoms with Gasteiger partial charge in [0.05, 0.1) is 4.90 Å². The van der Waals surface area contributed by atoms with Crippen molar-refractivity contribution in [1.29, 1.82) is 0 Å². The SMILES string of the molecule is CC(C)(C)N[C@@H]1CCCC[C@@H]1NS(=O)(=O)c1ccc(Cl)cc1. The molecule has 1 aromatic carbocycles. The molecule has 4 nitrogen and oxygen atoms in total. The van der Waals surface area contributed by atoms with E-state index in [0.29, 0.717) is 5.02 Å². The van der Waals surface area contributed by atoms with E-state index in [9.17, 15) is 8.42 Å². The standard InChI is InChI=1S/C16H25ClN2O2S/c1-16(2,3)18-14-6-4-5-7-15(14)19-22(20,21)13-10-8-12(17)9-11-13/h8-11,14-15,18-19H,4-7H2,1-3H3/t14-,15+/m1/s1. The second-order valence-electron chi connectivity index (χ2n) is 6.97. The normalized spacial score (nSPS) is 23.5. The summed E-state index contributed by atoms with van der Waals surface area (Å²) in [5.74, 6) is 0. The number of nitrogens with one attached hydrogen (secondary N) is 2. The highest BCUT2D eigenvalue weighted by atomic mass is 35.5. The lowest BCUT2D eigenvalue weighted by molar-refractivity contribution is 0.255. The molecule has 0 radical (unpaired) electrons. The molecule has 2 N–H and O–H groups in total. The average Bonchev–Trinajstić information content (AvgIpc) is 2.39. The van der Waals surface area contributed by atoms with Crippen LogP contribution in [-0.4, -0.2) is 26.0 Å². The Morgan fingerprint density at radius 1 is 1.05 bits per heavy atom. The zero-order valence-electron chi connectivity index (χ0n) is 13.4. The zero-order chi connectivity index (χ0) is 16.4. The molecule has 0 amide bonds. The minimum Gasteiger partial charge on any atom is -0.308 e. The predicted octanol–water partition coefficient (Wildman–Crippen LogP) is 3.32. The molecule has 0 spiro atoms. The smallest absolute Gasteiger partial charge is 0.240 e. The molecule has 0 saturated heterocycles. The van der Waals surface area contributed by atoms with E-state index in [-0.39, 0.29) is 22.5 Å². The number of rotatable bonds is 4. The van der Waals surface area contributed by atoms with Gasteiger partial charge in [-0.05, 0) is 57.9 Å². The average molecular weight is 345 g/mol. The van der Waals surface area contributed by atoms with Gasteiger partial charge in [-0.25, -0.2) is 13.1 Å². The summed E-state index contributed by atoms with van der Waals surface area (Å²) in [4.78, 5) is 0.261. The van der Waals surface area contributed by atoms with Crippen LogP contribution in [0.3, 0.4) is 0 Å². The van der Waals surface area contributed by atoms with Crippen molar-refractivity contribution in [3.8, 4) is 0 Å². The van der Waals surface area contributed by atoms with Crippen LogP contribution in [0, 0.1) is 0 Å². The Labute approximate surface area is 138 Å². The van der Waals surface area contributed by atoms with Crippen LogP contribution in [0.1, 0.15) is 46.5 Å². The fourth-order valence-corrected chi connectivity index (χ4v) is 4.32. The van der Waals surface area contributed by atoms with E-state index in [0.717, 1.165) is 25.7 Å². The van der Waals surface area contributed by atoms with Crippen molar-refractivity contribution in [3.63, 3.8) is 0 Å². The van der Waals surface area contributed by atoms with E-state index in [1.54, 1.807) is 24.3 Å². The fraction of sp³-hybridized carbons (Fsp3) is 0.625. The summed E-state index contributed by atoms with van der Waals surface area (Å²) in [6, 6.07) is 6.37. The number of hydrogen-bond acceptors (Lipinski definition) is 3. The van der Waals surface area contributed by atoms with Crippen molar-refractivity contribution in [2.75, 3.05) is 0 Å². The van der Waals surface area contributed by atoms with E-state index in [2.05, 4.69) is 30.8 Å².